The third kappa shape index (κ3) is 3.23. The summed E-state index contributed by atoms with van der Waals surface area (Å²) in [7, 11) is 3.17. The quantitative estimate of drug-likeness (QED) is 0.860. The van der Waals surface area contributed by atoms with Crippen molar-refractivity contribution in [3.05, 3.63) is 40.7 Å². The van der Waals surface area contributed by atoms with E-state index >= 15 is 0 Å². The summed E-state index contributed by atoms with van der Waals surface area (Å²) >= 11 is 6.18. The Morgan fingerprint density at radius 1 is 1.35 bits per heavy atom. The number of hydrogen-bond acceptors (Lipinski definition) is 4. The van der Waals surface area contributed by atoms with Gasteiger partial charge < -0.3 is 14.8 Å². The highest BCUT2D eigenvalue weighted by molar-refractivity contribution is 6.32. The van der Waals surface area contributed by atoms with Gasteiger partial charge in [-0.3, -0.25) is 5.10 Å². The molecule has 0 spiro atoms. The van der Waals surface area contributed by atoms with Gasteiger partial charge in [0.1, 0.15) is 0 Å². The van der Waals surface area contributed by atoms with Crippen LogP contribution in [0.15, 0.2) is 24.5 Å². The molecule has 0 bridgehead atoms. The van der Waals surface area contributed by atoms with E-state index in [-0.39, 0.29) is 6.04 Å². The predicted octanol–water partition coefficient (Wildman–Crippen LogP) is 2.93. The lowest BCUT2D eigenvalue weighted by Crippen LogP contribution is -2.17. The topological polar surface area (TPSA) is 59.2 Å². The fourth-order valence-electron chi connectivity index (χ4n) is 1.96. The molecule has 0 aliphatic carbocycles. The number of halogens is 1. The summed E-state index contributed by atoms with van der Waals surface area (Å²) in [6.45, 7) is 2.75. The van der Waals surface area contributed by atoms with Gasteiger partial charge in [-0.05, 0) is 24.6 Å². The maximum atomic E-state index is 6.18. The normalized spacial score (nSPS) is 12.2. The summed E-state index contributed by atoms with van der Waals surface area (Å²) in [5, 5.41) is 10.7. The molecule has 20 heavy (non-hydrogen) atoms. The maximum absolute atomic E-state index is 6.18. The first kappa shape index (κ1) is 14.7. The van der Waals surface area contributed by atoms with Gasteiger partial charge in [-0.15, -0.1) is 0 Å². The zero-order valence-corrected chi connectivity index (χ0v) is 12.5. The van der Waals surface area contributed by atoms with Gasteiger partial charge in [-0.2, -0.15) is 5.10 Å². The Hall–Kier alpha value is -1.72. The molecule has 0 amide bonds. The van der Waals surface area contributed by atoms with E-state index < -0.39 is 0 Å². The Balaban J connectivity index is 2.08. The number of hydrogen-bond donors (Lipinski definition) is 2. The largest absolute Gasteiger partial charge is 0.493 e. The molecule has 1 aromatic carbocycles. The van der Waals surface area contributed by atoms with Crippen LogP contribution in [0, 0.1) is 0 Å². The van der Waals surface area contributed by atoms with Crippen LogP contribution >= 0.6 is 11.6 Å². The molecule has 0 saturated carbocycles. The number of nitrogens with one attached hydrogen (secondary N) is 2. The van der Waals surface area contributed by atoms with Crippen LogP contribution in [0.2, 0.25) is 5.02 Å². The molecule has 0 aliphatic heterocycles. The maximum Gasteiger partial charge on any atom is 0.179 e. The zero-order chi connectivity index (χ0) is 14.5. The first-order valence-electron chi connectivity index (χ1n) is 6.28. The molecule has 1 atom stereocenters. The molecule has 2 N–H and O–H groups in total. The summed E-state index contributed by atoms with van der Waals surface area (Å²) in [4.78, 5) is 0. The lowest BCUT2D eigenvalue weighted by Gasteiger charge is -2.15. The van der Waals surface area contributed by atoms with E-state index in [0.717, 1.165) is 11.1 Å². The Kier molecular flexibility index (Phi) is 4.87. The summed E-state index contributed by atoms with van der Waals surface area (Å²) in [5.74, 6) is 1.19. The zero-order valence-electron chi connectivity index (χ0n) is 11.7. The van der Waals surface area contributed by atoms with Gasteiger partial charge in [0.15, 0.2) is 11.5 Å². The second kappa shape index (κ2) is 6.63. The van der Waals surface area contributed by atoms with Crippen LogP contribution in [0.5, 0.6) is 11.5 Å². The number of aromatic amines is 1. The van der Waals surface area contributed by atoms with Gasteiger partial charge in [0.2, 0.25) is 0 Å². The SMILES string of the molecule is COc1cc(CNC(C)c2cn[nH]c2)cc(Cl)c1OC. The van der Waals surface area contributed by atoms with Crippen LogP contribution in [0.3, 0.4) is 0 Å². The van der Waals surface area contributed by atoms with Gasteiger partial charge in [0, 0.05) is 24.3 Å². The van der Waals surface area contributed by atoms with Gasteiger partial charge in [-0.25, -0.2) is 0 Å². The summed E-state index contributed by atoms with van der Waals surface area (Å²) in [6.07, 6.45) is 3.68. The molecule has 2 aromatic rings. The Bertz CT molecular complexity index is 558. The van der Waals surface area contributed by atoms with Crippen molar-refractivity contribution in [2.24, 2.45) is 0 Å². The van der Waals surface area contributed by atoms with Crippen LogP contribution in [0.25, 0.3) is 0 Å². The highest BCUT2D eigenvalue weighted by Crippen LogP contribution is 2.36. The number of aromatic nitrogens is 2. The van der Waals surface area contributed by atoms with Crippen LogP contribution < -0.4 is 14.8 Å². The van der Waals surface area contributed by atoms with Crippen LogP contribution in [0.1, 0.15) is 24.1 Å². The Labute approximate surface area is 123 Å². The van der Waals surface area contributed by atoms with Gasteiger partial charge >= 0.3 is 0 Å². The van der Waals surface area contributed by atoms with Crippen molar-refractivity contribution in [1.29, 1.82) is 0 Å². The van der Waals surface area contributed by atoms with E-state index in [1.807, 2.05) is 18.3 Å². The smallest absolute Gasteiger partial charge is 0.179 e. The van der Waals surface area contributed by atoms with Crippen LogP contribution in [-0.2, 0) is 6.54 Å². The third-order valence-electron chi connectivity index (χ3n) is 3.13. The monoisotopic (exact) mass is 295 g/mol. The van der Waals surface area contributed by atoms with Crippen molar-refractivity contribution in [1.82, 2.24) is 15.5 Å². The minimum absolute atomic E-state index is 0.195. The van der Waals surface area contributed by atoms with E-state index in [4.69, 9.17) is 21.1 Å². The van der Waals surface area contributed by atoms with Crippen LogP contribution in [0.4, 0.5) is 0 Å². The van der Waals surface area contributed by atoms with E-state index in [1.165, 1.54) is 0 Å². The molecular formula is C14H18ClN3O2. The van der Waals surface area contributed by atoms with Crippen LogP contribution in [-0.4, -0.2) is 24.4 Å². The molecule has 0 radical (unpaired) electrons. The lowest BCUT2D eigenvalue weighted by molar-refractivity contribution is 0.354. The average molecular weight is 296 g/mol. The second-order valence-corrected chi connectivity index (χ2v) is 4.85. The number of methoxy groups -OCH3 is 2. The molecule has 5 nitrogen and oxygen atoms in total. The summed E-state index contributed by atoms with van der Waals surface area (Å²) in [6, 6.07) is 3.98. The number of ether oxygens (including phenoxy) is 2. The summed E-state index contributed by atoms with van der Waals surface area (Å²) in [5.41, 5.74) is 2.14. The Morgan fingerprint density at radius 3 is 2.75 bits per heavy atom. The van der Waals surface area contributed by atoms with E-state index in [0.29, 0.717) is 23.1 Å². The first-order chi connectivity index (χ1) is 9.65. The highest BCUT2D eigenvalue weighted by atomic mass is 35.5. The molecule has 1 unspecified atom stereocenters. The molecule has 108 valence electrons. The number of H-pyrrole nitrogens is 1. The molecule has 0 aliphatic rings. The van der Waals surface area contributed by atoms with E-state index in [2.05, 4.69) is 22.4 Å². The second-order valence-electron chi connectivity index (χ2n) is 4.45. The molecule has 1 aromatic heterocycles. The van der Waals surface area contributed by atoms with Gasteiger partial charge in [0.25, 0.3) is 0 Å². The minimum Gasteiger partial charge on any atom is -0.493 e. The fraction of sp³-hybridized carbons (Fsp3) is 0.357. The fourth-order valence-corrected chi connectivity index (χ4v) is 2.27. The Morgan fingerprint density at radius 2 is 2.15 bits per heavy atom. The van der Waals surface area contributed by atoms with Crippen molar-refractivity contribution >= 4 is 11.6 Å². The van der Waals surface area contributed by atoms with Crippen molar-refractivity contribution in [2.75, 3.05) is 14.2 Å². The standard InChI is InChI=1S/C14H18ClN3O2/c1-9(11-7-17-18-8-11)16-6-10-4-12(15)14(20-3)13(5-10)19-2/h4-5,7-9,16H,6H2,1-3H3,(H,17,18). The number of nitrogens with zero attached hydrogens (tertiary/aromatic N) is 1. The molecule has 0 saturated heterocycles. The van der Waals surface area contributed by atoms with E-state index in [1.54, 1.807) is 20.4 Å². The van der Waals surface area contributed by atoms with Crippen molar-refractivity contribution in [2.45, 2.75) is 19.5 Å². The van der Waals surface area contributed by atoms with Gasteiger partial charge in [-0.1, -0.05) is 11.6 Å². The minimum atomic E-state index is 0.195. The molecule has 2 rings (SSSR count). The molecule has 0 fully saturated rings. The number of benzene rings is 1. The lowest BCUT2D eigenvalue weighted by atomic mass is 10.1. The molecule has 1 heterocycles. The first-order valence-corrected chi connectivity index (χ1v) is 6.66. The highest BCUT2D eigenvalue weighted by Gasteiger charge is 2.12. The van der Waals surface area contributed by atoms with Crippen molar-refractivity contribution in [3.8, 4) is 11.5 Å². The third-order valence-corrected chi connectivity index (χ3v) is 3.41. The average Bonchev–Trinajstić information content (AvgIpc) is 2.98. The predicted molar refractivity (Wildman–Crippen MR) is 78.4 cm³/mol. The molecular weight excluding hydrogens is 278 g/mol. The van der Waals surface area contributed by atoms with E-state index in [9.17, 15) is 0 Å². The van der Waals surface area contributed by atoms with Crippen molar-refractivity contribution in [3.63, 3.8) is 0 Å². The van der Waals surface area contributed by atoms with Gasteiger partial charge in [0.05, 0.1) is 25.4 Å². The summed E-state index contributed by atoms with van der Waals surface area (Å²) < 4.78 is 10.5. The number of rotatable bonds is 6. The molecule has 6 heteroatoms. The van der Waals surface area contributed by atoms with Crippen molar-refractivity contribution < 1.29 is 9.47 Å².